The molecule has 0 atom stereocenters. The van der Waals surface area contributed by atoms with Crippen LogP contribution in [0.4, 0.5) is 4.39 Å². The molecule has 0 aliphatic heterocycles. The summed E-state index contributed by atoms with van der Waals surface area (Å²) in [4.78, 5) is 0. The van der Waals surface area contributed by atoms with Crippen molar-refractivity contribution in [3.8, 4) is 16.3 Å². The van der Waals surface area contributed by atoms with Gasteiger partial charge >= 0.3 is 0 Å². The first-order chi connectivity index (χ1) is 6.66. The molecular weight excluding hydrogens is 227 g/mol. The Labute approximate surface area is 87.8 Å². The predicted molar refractivity (Wildman–Crippen MR) is 52.0 cm³/mol. The Morgan fingerprint density at radius 1 is 1.36 bits per heavy atom. The Morgan fingerprint density at radius 3 is 2.79 bits per heavy atom. The van der Waals surface area contributed by atoms with E-state index in [1.54, 1.807) is 0 Å². The topological polar surface area (TPSA) is 46.0 Å². The van der Waals surface area contributed by atoms with Crippen LogP contribution in [0, 0.1) is 5.82 Å². The van der Waals surface area contributed by atoms with E-state index in [9.17, 15) is 9.50 Å². The minimum Gasteiger partial charge on any atom is -0.507 e. The first-order valence-electron chi connectivity index (χ1n) is 3.65. The molecule has 1 aromatic carbocycles. The second-order valence-electron chi connectivity index (χ2n) is 2.52. The highest BCUT2D eigenvalue weighted by Crippen LogP contribution is 2.32. The third-order valence-electron chi connectivity index (χ3n) is 1.59. The number of phenols is 1. The first kappa shape index (κ1) is 9.36. The summed E-state index contributed by atoms with van der Waals surface area (Å²) in [5.74, 6) is -0.483. The van der Waals surface area contributed by atoms with Gasteiger partial charge in [-0.2, -0.15) is 0 Å². The Hall–Kier alpha value is -1.20. The van der Waals surface area contributed by atoms with E-state index >= 15 is 0 Å². The number of nitrogens with zero attached hydrogens (tertiary/aromatic N) is 2. The highest BCUT2D eigenvalue weighted by Gasteiger charge is 2.10. The lowest BCUT2D eigenvalue weighted by Gasteiger charge is -1.98. The maximum absolute atomic E-state index is 12.9. The Morgan fingerprint density at radius 2 is 2.14 bits per heavy atom. The molecule has 1 N–H and O–H groups in total. The molecule has 0 bridgehead atoms. The van der Waals surface area contributed by atoms with E-state index in [0.717, 1.165) is 11.3 Å². The van der Waals surface area contributed by atoms with Crippen LogP contribution in [0.15, 0.2) is 18.2 Å². The van der Waals surface area contributed by atoms with Crippen LogP contribution < -0.4 is 0 Å². The van der Waals surface area contributed by atoms with E-state index in [1.807, 2.05) is 0 Å². The molecule has 0 saturated heterocycles. The van der Waals surface area contributed by atoms with Crippen molar-refractivity contribution in [2.75, 3.05) is 0 Å². The molecule has 0 spiro atoms. The number of aromatic nitrogens is 2. The number of phenolic OH excluding ortho intramolecular Hbond substituents is 1. The average Bonchev–Trinajstić information content (AvgIpc) is 2.56. The minimum absolute atomic E-state index is 0.0424. The molecule has 2 rings (SSSR count). The Bertz CT molecular complexity index is 474. The van der Waals surface area contributed by atoms with Gasteiger partial charge in [-0.25, -0.2) is 4.39 Å². The fourth-order valence-corrected chi connectivity index (χ4v) is 1.85. The normalized spacial score (nSPS) is 10.4. The molecule has 0 amide bonds. The van der Waals surface area contributed by atoms with Crippen LogP contribution in [-0.4, -0.2) is 15.3 Å². The third kappa shape index (κ3) is 1.69. The van der Waals surface area contributed by atoms with Crippen LogP contribution >= 0.6 is 22.9 Å². The molecule has 2 aromatic rings. The van der Waals surface area contributed by atoms with Crippen LogP contribution in [0.5, 0.6) is 5.75 Å². The molecule has 0 unspecified atom stereocenters. The number of hydrogen-bond acceptors (Lipinski definition) is 4. The van der Waals surface area contributed by atoms with Crippen molar-refractivity contribution in [2.24, 2.45) is 0 Å². The van der Waals surface area contributed by atoms with Gasteiger partial charge < -0.3 is 5.11 Å². The van der Waals surface area contributed by atoms with Gasteiger partial charge in [-0.05, 0) is 29.8 Å². The van der Waals surface area contributed by atoms with Crippen molar-refractivity contribution < 1.29 is 9.50 Å². The summed E-state index contributed by atoms with van der Waals surface area (Å²) in [6, 6.07) is 3.62. The standard InChI is InChI=1S/C8H4ClFN2OS/c9-8-12-11-7(14-8)5-3-4(10)1-2-6(5)13/h1-3,13H. The van der Waals surface area contributed by atoms with Crippen molar-refractivity contribution in [3.63, 3.8) is 0 Å². The van der Waals surface area contributed by atoms with Gasteiger partial charge in [0.1, 0.15) is 11.6 Å². The smallest absolute Gasteiger partial charge is 0.207 e. The molecular formula is C8H4ClFN2OS. The van der Waals surface area contributed by atoms with Gasteiger partial charge in [-0.15, -0.1) is 10.2 Å². The number of hydrogen-bond donors (Lipinski definition) is 1. The molecule has 6 heteroatoms. The molecule has 3 nitrogen and oxygen atoms in total. The predicted octanol–water partition coefficient (Wildman–Crippen LogP) is 2.70. The zero-order chi connectivity index (χ0) is 10.1. The lowest BCUT2D eigenvalue weighted by molar-refractivity contribution is 0.475. The number of halogens is 2. The first-order valence-corrected chi connectivity index (χ1v) is 4.84. The quantitative estimate of drug-likeness (QED) is 0.819. The zero-order valence-corrected chi connectivity index (χ0v) is 8.31. The summed E-state index contributed by atoms with van der Waals surface area (Å²) in [6.45, 7) is 0. The summed E-state index contributed by atoms with van der Waals surface area (Å²) in [7, 11) is 0. The molecule has 0 aliphatic rings. The van der Waals surface area contributed by atoms with Gasteiger partial charge in [0.05, 0.1) is 5.56 Å². The maximum Gasteiger partial charge on any atom is 0.207 e. The van der Waals surface area contributed by atoms with E-state index in [-0.39, 0.29) is 10.2 Å². The molecule has 1 aromatic heterocycles. The molecule has 0 radical (unpaired) electrons. The molecule has 0 fully saturated rings. The minimum atomic E-state index is -0.441. The second-order valence-corrected chi connectivity index (χ2v) is 4.08. The fraction of sp³-hybridized carbons (Fsp3) is 0. The SMILES string of the molecule is Oc1ccc(F)cc1-c1nnc(Cl)s1. The fourth-order valence-electron chi connectivity index (χ4n) is 0.994. The largest absolute Gasteiger partial charge is 0.507 e. The molecule has 72 valence electrons. The molecule has 0 aliphatic carbocycles. The third-order valence-corrected chi connectivity index (χ3v) is 2.64. The lowest BCUT2D eigenvalue weighted by Crippen LogP contribution is -1.80. The summed E-state index contributed by atoms with van der Waals surface area (Å²) < 4.78 is 13.1. The molecule has 1 heterocycles. The van der Waals surface area contributed by atoms with Gasteiger partial charge in [-0.3, -0.25) is 0 Å². The van der Waals surface area contributed by atoms with E-state index in [2.05, 4.69) is 10.2 Å². The van der Waals surface area contributed by atoms with Crippen molar-refractivity contribution >= 4 is 22.9 Å². The summed E-state index contributed by atoms with van der Waals surface area (Å²) >= 11 is 6.65. The van der Waals surface area contributed by atoms with Gasteiger partial charge in [0, 0.05) is 0 Å². The van der Waals surface area contributed by atoms with Gasteiger partial charge in [-0.1, -0.05) is 11.3 Å². The second kappa shape index (κ2) is 3.51. The van der Waals surface area contributed by atoms with E-state index < -0.39 is 5.82 Å². The molecule has 14 heavy (non-hydrogen) atoms. The van der Waals surface area contributed by atoms with E-state index in [1.165, 1.54) is 18.2 Å². The lowest BCUT2D eigenvalue weighted by atomic mass is 10.2. The Kier molecular flexibility index (Phi) is 2.35. The van der Waals surface area contributed by atoms with Crippen LogP contribution in [0.1, 0.15) is 0 Å². The van der Waals surface area contributed by atoms with Crippen LogP contribution in [-0.2, 0) is 0 Å². The highest BCUT2D eigenvalue weighted by atomic mass is 35.5. The van der Waals surface area contributed by atoms with E-state index in [0.29, 0.717) is 10.6 Å². The van der Waals surface area contributed by atoms with Gasteiger partial charge in [0.25, 0.3) is 0 Å². The van der Waals surface area contributed by atoms with Gasteiger partial charge in [0.15, 0.2) is 5.01 Å². The van der Waals surface area contributed by atoms with Crippen molar-refractivity contribution in [3.05, 3.63) is 28.5 Å². The summed E-state index contributed by atoms with van der Waals surface area (Å²) in [5, 5.41) is 17.1. The highest BCUT2D eigenvalue weighted by molar-refractivity contribution is 7.18. The monoisotopic (exact) mass is 230 g/mol. The number of rotatable bonds is 1. The van der Waals surface area contributed by atoms with Crippen LogP contribution in [0.2, 0.25) is 4.47 Å². The van der Waals surface area contributed by atoms with Crippen molar-refractivity contribution in [1.29, 1.82) is 0 Å². The average molecular weight is 231 g/mol. The number of benzene rings is 1. The van der Waals surface area contributed by atoms with Crippen molar-refractivity contribution in [1.82, 2.24) is 10.2 Å². The van der Waals surface area contributed by atoms with E-state index in [4.69, 9.17) is 11.6 Å². The Balaban J connectivity index is 2.55. The maximum atomic E-state index is 12.9. The van der Waals surface area contributed by atoms with Crippen LogP contribution in [0.25, 0.3) is 10.6 Å². The molecule has 0 saturated carbocycles. The zero-order valence-electron chi connectivity index (χ0n) is 6.74. The number of aromatic hydroxyl groups is 1. The van der Waals surface area contributed by atoms with Crippen LogP contribution in [0.3, 0.4) is 0 Å². The summed E-state index contributed by atoms with van der Waals surface area (Å²) in [5.41, 5.74) is 0.300. The summed E-state index contributed by atoms with van der Waals surface area (Å²) in [6.07, 6.45) is 0. The van der Waals surface area contributed by atoms with Gasteiger partial charge in [0.2, 0.25) is 4.47 Å². The van der Waals surface area contributed by atoms with Crippen molar-refractivity contribution in [2.45, 2.75) is 0 Å².